The van der Waals surface area contributed by atoms with Crippen molar-refractivity contribution in [3.05, 3.63) is 0 Å². The van der Waals surface area contributed by atoms with E-state index in [1.807, 2.05) is 0 Å². The molecule has 0 aromatic carbocycles. The lowest BCUT2D eigenvalue weighted by atomic mass is 9.99. The van der Waals surface area contributed by atoms with Crippen molar-refractivity contribution in [3.63, 3.8) is 0 Å². The van der Waals surface area contributed by atoms with E-state index < -0.39 is 6.10 Å². The molecular formula is C60H116O6. The van der Waals surface area contributed by atoms with E-state index in [-0.39, 0.29) is 31.1 Å². The fraction of sp³-hybridized carbons (Fsp3) is 0.950. The van der Waals surface area contributed by atoms with Gasteiger partial charge in [-0.3, -0.25) is 14.4 Å². The Balaban J connectivity index is 4.27. The van der Waals surface area contributed by atoms with Crippen molar-refractivity contribution >= 4 is 17.9 Å². The van der Waals surface area contributed by atoms with Crippen LogP contribution in [0, 0.1) is 5.92 Å². The quantitative estimate of drug-likeness (QED) is 0.0343. The minimum atomic E-state index is -0.762. The number of ether oxygens (including phenoxy) is 3. The number of rotatable bonds is 55. The minimum Gasteiger partial charge on any atom is -0.462 e. The summed E-state index contributed by atoms with van der Waals surface area (Å²) in [6.07, 6.45) is 59.5. The Hall–Kier alpha value is -1.59. The number of carbonyl (C=O) groups excluding carboxylic acids is 3. The van der Waals surface area contributed by atoms with Crippen molar-refractivity contribution in [2.45, 2.75) is 348 Å². The van der Waals surface area contributed by atoms with Crippen LogP contribution in [0.2, 0.25) is 0 Å². The lowest BCUT2D eigenvalue weighted by molar-refractivity contribution is -0.167. The lowest BCUT2D eigenvalue weighted by Gasteiger charge is -2.18. The molecule has 392 valence electrons. The van der Waals surface area contributed by atoms with Gasteiger partial charge in [0.1, 0.15) is 13.2 Å². The topological polar surface area (TPSA) is 78.9 Å². The molecule has 0 saturated carbocycles. The second-order valence-corrected chi connectivity index (χ2v) is 20.9. The summed E-state index contributed by atoms with van der Waals surface area (Å²) in [5, 5.41) is 0. The van der Waals surface area contributed by atoms with Crippen LogP contribution >= 0.6 is 0 Å². The summed E-state index contributed by atoms with van der Waals surface area (Å²) in [5.41, 5.74) is 0. The highest BCUT2D eigenvalue weighted by Gasteiger charge is 2.19. The summed E-state index contributed by atoms with van der Waals surface area (Å²) in [6.45, 7) is 9.07. The maximum Gasteiger partial charge on any atom is 0.306 e. The summed E-state index contributed by atoms with van der Waals surface area (Å²) >= 11 is 0. The molecule has 1 unspecified atom stereocenters. The molecule has 0 spiro atoms. The van der Waals surface area contributed by atoms with Gasteiger partial charge in [-0.25, -0.2) is 0 Å². The Morgan fingerprint density at radius 2 is 0.530 bits per heavy atom. The van der Waals surface area contributed by atoms with E-state index in [1.165, 1.54) is 238 Å². The van der Waals surface area contributed by atoms with Crippen molar-refractivity contribution in [1.82, 2.24) is 0 Å². The van der Waals surface area contributed by atoms with Gasteiger partial charge in [-0.1, -0.05) is 304 Å². The minimum absolute atomic E-state index is 0.0621. The van der Waals surface area contributed by atoms with Crippen molar-refractivity contribution in [3.8, 4) is 0 Å². The summed E-state index contributed by atoms with van der Waals surface area (Å²) in [4.78, 5) is 38.2. The fourth-order valence-electron chi connectivity index (χ4n) is 9.25. The monoisotopic (exact) mass is 933 g/mol. The first-order valence-corrected chi connectivity index (χ1v) is 29.9. The van der Waals surface area contributed by atoms with Gasteiger partial charge in [-0.15, -0.1) is 0 Å². The molecule has 0 aliphatic heterocycles. The normalized spacial score (nSPS) is 12.4. The van der Waals surface area contributed by atoms with Crippen LogP contribution in [0.1, 0.15) is 342 Å². The Labute approximate surface area is 412 Å². The Morgan fingerprint density at radius 3 is 0.788 bits per heavy atom. The zero-order valence-electron chi connectivity index (χ0n) is 45.2. The molecule has 0 bridgehead atoms. The molecule has 0 aliphatic rings. The summed E-state index contributed by atoms with van der Waals surface area (Å²) in [7, 11) is 0. The maximum absolute atomic E-state index is 12.9. The molecule has 6 nitrogen and oxygen atoms in total. The molecule has 2 atom stereocenters. The van der Waals surface area contributed by atoms with E-state index >= 15 is 0 Å². The predicted molar refractivity (Wildman–Crippen MR) is 284 cm³/mol. The van der Waals surface area contributed by atoms with Crippen molar-refractivity contribution in [2.24, 2.45) is 5.92 Å². The molecule has 0 amide bonds. The molecule has 0 N–H and O–H groups in total. The number of unbranched alkanes of at least 4 members (excludes halogenated alkanes) is 41. The van der Waals surface area contributed by atoms with Crippen LogP contribution in [0.25, 0.3) is 0 Å². The number of carbonyl (C=O) groups is 3. The van der Waals surface area contributed by atoms with E-state index in [2.05, 4.69) is 27.7 Å². The van der Waals surface area contributed by atoms with Gasteiger partial charge >= 0.3 is 17.9 Å². The summed E-state index contributed by atoms with van der Waals surface area (Å²) in [6, 6.07) is 0. The van der Waals surface area contributed by atoms with Crippen LogP contribution in [0.4, 0.5) is 0 Å². The first-order chi connectivity index (χ1) is 32.4. The van der Waals surface area contributed by atoms with Gasteiger partial charge in [-0.2, -0.15) is 0 Å². The van der Waals surface area contributed by atoms with Crippen molar-refractivity contribution in [2.75, 3.05) is 13.2 Å². The number of esters is 3. The molecule has 66 heavy (non-hydrogen) atoms. The Bertz CT molecular complexity index is 998. The molecule has 0 aliphatic carbocycles. The molecule has 0 saturated heterocycles. The van der Waals surface area contributed by atoms with Gasteiger partial charge in [-0.05, 0) is 25.2 Å². The van der Waals surface area contributed by atoms with Gasteiger partial charge < -0.3 is 14.2 Å². The van der Waals surface area contributed by atoms with Gasteiger partial charge in [0, 0.05) is 19.3 Å². The van der Waals surface area contributed by atoms with Crippen molar-refractivity contribution in [1.29, 1.82) is 0 Å². The van der Waals surface area contributed by atoms with Gasteiger partial charge in [0.05, 0.1) is 0 Å². The number of hydrogen-bond acceptors (Lipinski definition) is 6. The molecule has 0 radical (unpaired) electrons. The second-order valence-electron chi connectivity index (χ2n) is 20.9. The molecule has 0 heterocycles. The Kier molecular flexibility index (Phi) is 53.0. The van der Waals surface area contributed by atoms with Gasteiger partial charge in [0.15, 0.2) is 6.10 Å². The van der Waals surface area contributed by atoms with Crippen LogP contribution in [-0.4, -0.2) is 37.2 Å². The molecule has 0 fully saturated rings. The molecular weight excluding hydrogens is 817 g/mol. The third-order valence-corrected chi connectivity index (χ3v) is 14.2. The first kappa shape index (κ1) is 64.4. The van der Waals surface area contributed by atoms with Gasteiger partial charge in [0.25, 0.3) is 0 Å². The number of hydrogen-bond donors (Lipinski definition) is 0. The molecule has 0 rings (SSSR count). The van der Waals surface area contributed by atoms with Crippen LogP contribution in [0.15, 0.2) is 0 Å². The summed E-state index contributed by atoms with van der Waals surface area (Å²) < 4.78 is 16.9. The van der Waals surface area contributed by atoms with Crippen molar-refractivity contribution < 1.29 is 28.6 Å². The van der Waals surface area contributed by atoms with E-state index in [9.17, 15) is 14.4 Å². The summed E-state index contributed by atoms with van der Waals surface area (Å²) in [5.74, 6) is 0.0121. The maximum atomic E-state index is 12.9. The third kappa shape index (κ3) is 51.8. The average molecular weight is 934 g/mol. The molecule has 6 heteroatoms. The average Bonchev–Trinajstić information content (AvgIpc) is 3.32. The molecule has 0 aromatic rings. The first-order valence-electron chi connectivity index (χ1n) is 29.9. The SMILES string of the molecule is CCCCCCCCCCCCCCCCCCCCCC(=O)O[C@H](COC(=O)CCCCCCCCCCCCCCCCCCC)COC(=O)CCCCCCCCCCC(C)CC. The predicted octanol–water partition coefficient (Wildman–Crippen LogP) is 19.8. The zero-order valence-corrected chi connectivity index (χ0v) is 45.2. The van der Waals surface area contributed by atoms with Crippen LogP contribution in [-0.2, 0) is 28.6 Å². The third-order valence-electron chi connectivity index (χ3n) is 14.2. The second kappa shape index (κ2) is 54.4. The lowest BCUT2D eigenvalue weighted by Crippen LogP contribution is -2.30. The highest BCUT2D eigenvalue weighted by molar-refractivity contribution is 5.71. The van der Waals surface area contributed by atoms with Crippen LogP contribution in [0.3, 0.4) is 0 Å². The highest BCUT2D eigenvalue weighted by atomic mass is 16.6. The zero-order chi connectivity index (χ0) is 48.1. The standard InChI is InChI=1S/C60H116O6/c1-5-8-10-12-14-16-18-20-22-24-25-27-29-31-33-35-41-45-49-53-60(63)66-57(55-65-59(62)52-48-44-40-37-36-38-42-46-50-56(4)7-3)54-64-58(61)51-47-43-39-34-32-30-28-26-23-21-19-17-15-13-11-9-6-2/h56-57H,5-55H2,1-4H3/t56?,57-/m1/s1. The fourth-order valence-corrected chi connectivity index (χ4v) is 9.25. The van der Waals surface area contributed by atoms with E-state index in [0.29, 0.717) is 19.3 Å². The van der Waals surface area contributed by atoms with Crippen LogP contribution < -0.4 is 0 Å². The van der Waals surface area contributed by atoms with E-state index in [1.54, 1.807) is 0 Å². The molecule has 0 aromatic heterocycles. The van der Waals surface area contributed by atoms with E-state index in [4.69, 9.17) is 14.2 Å². The van der Waals surface area contributed by atoms with Crippen LogP contribution in [0.5, 0.6) is 0 Å². The van der Waals surface area contributed by atoms with E-state index in [0.717, 1.165) is 63.7 Å². The Morgan fingerprint density at radius 1 is 0.303 bits per heavy atom. The van der Waals surface area contributed by atoms with Gasteiger partial charge in [0.2, 0.25) is 0 Å². The largest absolute Gasteiger partial charge is 0.462 e. The highest BCUT2D eigenvalue weighted by Crippen LogP contribution is 2.19. The smallest absolute Gasteiger partial charge is 0.306 e.